The van der Waals surface area contributed by atoms with E-state index in [1.54, 1.807) is 23.2 Å². The standard InChI is InChI=1S/C38H33N7O6S/c1-37(2)49-30-26(47-36(31(30)50-37)45-21-44-28-32(39)42-20-43-33(28)45)14-9-15-40-34(46)25-18-22(35-41-16-17-52-35)19-27-29(25)51-38(48-27,23-10-5-3-6-11-23)24-12-7-4-8-13-24/h3-14,16-21,26,30-31,36H,15H2,1-2H3,(H,40,46)(H2,39,42,43)/t26-,30?,31+,36-/m1/s1. The monoisotopic (exact) mass is 715 g/mol. The minimum absolute atomic E-state index is 0.197. The van der Waals surface area contributed by atoms with Gasteiger partial charge in [0, 0.05) is 34.8 Å². The van der Waals surface area contributed by atoms with Gasteiger partial charge in [0.2, 0.25) is 0 Å². The van der Waals surface area contributed by atoms with E-state index in [0.717, 1.165) is 21.7 Å². The van der Waals surface area contributed by atoms with Gasteiger partial charge in [-0.25, -0.2) is 19.9 Å². The summed E-state index contributed by atoms with van der Waals surface area (Å²) in [6, 6.07) is 23.1. The third-order valence-electron chi connectivity index (χ3n) is 9.22. The molecule has 6 heterocycles. The Labute approximate surface area is 302 Å². The lowest BCUT2D eigenvalue weighted by atomic mass is 9.97. The van der Waals surface area contributed by atoms with Crippen LogP contribution in [0.1, 0.15) is 41.6 Å². The molecule has 14 heteroatoms. The smallest absolute Gasteiger partial charge is 0.305 e. The Morgan fingerprint density at radius 1 is 0.962 bits per heavy atom. The molecule has 2 fully saturated rings. The van der Waals surface area contributed by atoms with Crippen LogP contribution in [0.15, 0.2) is 109 Å². The molecule has 3 aromatic carbocycles. The van der Waals surface area contributed by atoms with E-state index < -0.39 is 36.1 Å². The van der Waals surface area contributed by atoms with Crippen molar-refractivity contribution in [3.05, 3.63) is 126 Å². The molecular formula is C38H33N7O6S. The third-order valence-corrected chi connectivity index (χ3v) is 10.0. The molecule has 0 radical (unpaired) electrons. The fraction of sp³-hybridized carbons (Fsp3) is 0.237. The molecule has 0 spiro atoms. The van der Waals surface area contributed by atoms with Gasteiger partial charge in [0.25, 0.3) is 5.91 Å². The average Bonchev–Trinajstić information content (AvgIpc) is 3.99. The number of amides is 1. The SMILES string of the molecule is CC1(C)OC2[C@@H](C=CCNC(=O)c3cc(-c4nccs4)cc4c3OC(c3ccccc3)(c3ccccc3)O4)O[C@@H](n3cnc4c(N)ncnc43)[C@H]2O1. The number of aromatic nitrogens is 5. The maximum atomic E-state index is 14.0. The second-order valence-corrected chi connectivity index (χ2v) is 13.9. The number of thiazole rings is 1. The number of hydrogen-bond acceptors (Lipinski definition) is 12. The van der Waals surface area contributed by atoms with Crippen LogP contribution in [0.3, 0.4) is 0 Å². The Hall–Kier alpha value is -5.67. The lowest BCUT2D eigenvalue weighted by Gasteiger charge is -2.28. The van der Waals surface area contributed by atoms with Crippen LogP contribution in [-0.4, -0.2) is 61.1 Å². The second kappa shape index (κ2) is 12.5. The van der Waals surface area contributed by atoms with Crippen LogP contribution in [0.25, 0.3) is 21.7 Å². The van der Waals surface area contributed by atoms with Crippen LogP contribution in [0.5, 0.6) is 11.5 Å². The quantitative estimate of drug-likeness (QED) is 0.189. The number of nitrogens with two attached hydrogens (primary N) is 1. The lowest BCUT2D eigenvalue weighted by molar-refractivity contribution is -0.191. The van der Waals surface area contributed by atoms with Gasteiger partial charge in [0.05, 0.1) is 11.9 Å². The van der Waals surface area contributed by atoms with Gasteiger partial charge in [0.15, 0.2) is 35.0 Å². The first-order chi connectivity index (χ1) is 25.3. The first-order valence-electron chi connectivity index (χ1n) is 16.8. The van der Waals surface area contributed by atoms with Gasteiger partial charge in [-0.15, -0.1) is 11.3 Å². The summed E-state index contributed by atoms with van der Waals surface area (Å²) < 4.78 is 34.3. The highest BCUT2D eigenvalue weighted by Crippen LogP contribution is 2.51. The predicted octanol–water partition coefficient (Wildman–Crippen LogP) is 5.61. The van der Waals surface area contributed by atoms with Crippen LogP contribution in [-0.2, 0) is 20.0 Å². The number of carbonyl (C=O) groups excluding carboxylic acids is 1. The first kappa shape index (κ1) is 32.3. The molecule has 52 heavy (non-hydrogen) atoms. The number of carbonyl (C=O) groups is 1. The highest BCUT2D eigenvalue weighted by molar-refractivity contribution is 7.13. The van der Waals surface area contributed by atoms with Gasteiger partial charge in [-0.1, -0.05) is 72.8 Å². The van der Waals surface area contributed by atoms with Crippen LogP contribution in [0.4, 0.5) is 5.82 Å². The minimum atomic E-state index is -1.30. The number of imidazole rings is 1. The zero-order valence-electron chi connectivity index (χ0n) is 28.1. The van der Waals surface area contributed by atoms with Crippen LogP contribution in [0, 0.1) is 0 Å². The Bertz CT molecular complexity index is 2260. The van der Waals surface area contributed by atoms with Gasteiger partial charge >= 0.3 is 5.79 Å². The zero-order chi connectivity index (χ0) is 35.5. The molecule has 9 rings (SSSR count). The van der Waals surface area contributed by atoms with Crippen molar-refractivity contribution in [2.24, 2.45) is 0 Å². The summed E-state index contributed by atoms with van der Waals surface area (Å²) in [6.07, 6.45) is 6.50. The Balaban J connectivity index is 0.986. The summed E-state index contributed by atoms with van der Waals surface area (Å²) in [4.78, 5) is 31.3. The number of nitrogens with one attached hydrogen (secondary N) is 1. The fourth-order valence-electron chi connectivity index (χ4n) is 6.97. The Kier molecular flexibility index (Phi) is 7.77. The Morgan fingerprint density at radius 2 is 1.71 bits per heavy atom. The fourth-order valence-corrected chi connectivity index (χ4v) is 7.60. The van der Waals surface area contributed by atoms with E-state index in [4.69, 9.17) is 29.4 Å². The summed E-state index contributed by atoms with van der Waals surface area (Å²) in [5.74, 6) is -1.41. The molecule has 0 saturated carbocycles. The van der Waals surface area contributed by atoms with Crippen molar-refractivity contribution < 1.29 is 28.5 Å². The molecule has 2 saturated heterocycles. The van der Waals surface area contributed by atoms with E-state index in [9.17, 15) is 4.79 Å². The largest absolute Gasteiger partial charge is 0.440 e. The van der Waals surface area contributed by atoms with Crippen LogP contribution >= 0.6 is 11.3 Å². The summed E-state index contributed by atoms with van der Waals surface area (Å²) >= 11 is 1.47. The third kappa shape index (κ3) is 5.47. The van der Waals surface area contributed by atoms with E-state index in [1.807, 2.05) is 98.1 Å². The number of nitrogens with zero attached hydrogens (tertiary/aromatic N) is 5. The molecule has 3 aromatic heterocycles. The maximum absolute atomic E-state index is 14.0. The molecule has 3 aliphatic rings. The number of hydrogen-bond donors (Lipinski definition) is 2. The van der Waals surface area contributed by atoms with Crippen molar-refractivity contribution >= 4 is 34.2 Å². The molecular weight excluding hydrogens is 683 g/mol. The molecule has 0 bridgehead atoms. The predicted molar refractivity (Wildman–Crippen MR) is 191 cm³/mol. The number of fused-ring (bicyclic) bond motifs is 3. The molecule has 3 aliphatic heterocycles. The number of rotatable bonds is 8. The van der Waals surface area contributed by atoms with E-state index in [1.165, 1.54) is 17.7 Å². The van der Waals surface area contributed by atoms with Gasteiger partial charge in [-0.05, 0) is 26.0 Å². The van der Waals surface area contributed by atoms with Crippen molar-refractivity contribution in [3.63, 3.8) is 0 Å². The van der Waals surface area contributed by atoms with Crippen molar-refractivity contribution in [1.29, 1.82) is 0 Å². The molecule has 1 unspecified atom stereocenters. The highest BCUT2D eigenvalue weighted by atomic mass is 32.1. The number of ether oxygens (including phenoxy) is 5. The zero-order valence-corrected chi connectivity index (χ0v) is 28.9. The number of benzene rings is 3. The Morgan fingerprint density at radius 3 is 2.44 bits per heavy atom. The van der Waals surface area contributed by atoms with Crippen LogP contribution < -0.4 is 20.5 Å². The summed E-state index contributed by atoms with van der Waals surface area (Å²) in [6.45, 7) is 3.93. The first-order valence-corrected chi connectivity index (χ1v) is 17.6. The van der Waals surface area contributed by atoms with E-state index in [-0.39, 0.29) is 18.3 Å². The number of nitrogen functional groups attached to an aromatic ring is 1. The molecule has 6 aromatic rings. The summed E-state index contributed by atoms with van der Waals surface area (Å²) in [5, 5.41) is 5.67. The van der Waals surface area contributed by atoms with Gasteiger partial charge in [-0.2, -0.15) is 0 Å². The van der Waals surface area contributed by atoms with Crippen molar-refractivity contribution in [3.8, 4) is 22.1 Å². The van der Waals surface area contributed by atoms with Gasteiger partial charge in [-0.3, -0.25) is 9.36 Å². The molecule has 0 aliphatic carbocycles. The maximum Gasteiger partial charge on any atom is 0.305 e. The van der Waals surface area contributed by atoms with E-state index in [2.05, 4.69) is 25.3 Å². The van der Waals surface area contributed by atoms with Crippen molar-refractivity contribution in [2.75, 3.05) is 12.3 Å². The number of anilines is 1. The topological polar surface area (TPSA) is 158 Å². The second-order valence-electron chi connectivity index (χ2n) is 13.0. The molecule has 13 nitrogen and oxygen atoms in total. The van der Waals surface area contributed by atoms with E-state index >= 15 is 0 Å². The molecule has 262 valence electrons. The molecule has 3 N–H and O–H groups in total. The highest BCUT2D eigenvalue weighted by Gasteiger charge is 2.55. The van der Waals surface area contributed by atoms with Gasteiger partial charge < -0.3 is 34.7 Å². The average molecular weight is 716 g/mol. The van der Waals surface area contributed by atoms with Crippen molar-refractivity contribution in [1.82, 2.24) is 29.8 Å². The van der Waals surface area contributed by atoms with Crippen LogP contribution in [0.2, 0.25) is 0 Å². The van der Waals surface area contributed by atoms with E-state index in [0.29, 0.717) is 28.2 Å². The van der Waals surface area contributed by atoms with Crippen molar-refractivity contribution in [2.45, 2.75) is 50.0 Å². The normalized spacial score (nSPS) is 22.6. The molecule has 1 amide bonds. The minimum Gasteiger partial charge on any atom is -0.440 e. The summed E-state index contributed by atoms with van der Waals surface area (Å²) in [7, 11) is 0. The lowest BCUT2D eigenvalue weighted by Crippen LogP contribution is -2.37. The molecule has 4 atom stereocenters. The van der Waals surface area contributed by atoms with Gasteiger partial charge in [0.1, 0.15) is 35.2 Å². The summed E-state index contributed by atoms with van der Waals surface area (Å²) in [5.41, 5.74) is 9.69.